The average Bonchev–Trinajstić information content (AvgIpc) is 3.34. The highest BCUT2D eigenvalue weighted by atomic mass is 32.2. The van der Waals surface area contributed by atoms with Crippen LogP contribution in [0.4, 0.5) is 0 Å². The lowest BCUT2D eigenvalue weighted by Crippen LogP contribution is -2.19. The molecule has 118 valence electrons. The van der Waals surface area contributed by atoms with E-state index in [0.717, 1.165) is 23.4 Å². The largest absolute Gasteiger partial charge is 0.466 e. The summed E-state index contributed by atoms with van der Waals surface area (Å²) in [5, 5.41) is 10.8. The fraction of sp³-hybridized carbons (Fsp3) is 0.250. The summed E-state index contributed by atoms with van der Waals surface area (Å²) in [6.07, 6.45) is 5.28. The van der Waals surface area contributed by atoms with E-state index < -0.39 is 5.97 Å². The van der Waals surface area contributed by atoms with Crippen molar-refractivity contribution >= 4 is 35.0 Å². The summed E-state index contributed by atoms with van der Waals surface area (Å²) < 4.78 is 4.49. The van der Waals surface area contributed by atoms with E-state index in [2.05, 4.69) is 32.4 Å². The summed E-state index contributed by atoms with van der Waals surface area (Å²) in [5.41, 5.74) is 2.30. The minimum atomic E-state index is -0.579. The third-order valence-corrected chi connectivity index (χ3v) is 4.32. The Balaban J connectivity index is 1.66. The molecule has 1 aliphatic carbocycles. The van der Waals surface area contributed by atoms with Crippen molar-refractivity contribution in [2.24, 2.45) is 10.2 Å². The number of methoxy groups -OCH3 is 1. The number of carbonyl (C=O) groups is 2. The predicted molar refractivity (Wildman–Crippen MR) is 89.3 cm³/mol. The molecule has 7 heteroatoms. The monoisotopic (exact) mass is 329 g/mol. The van der Waals surface area contributed by atoms with Crippen LogP contribution < -0.4 is 5.32 Å². The van der Waals surface area contributed by atoms with Crippen molar-refractivity contribution < 1.29 is 14.3 Å². The van der Waals surface area contributed by atoms with Gasteiger partial charge in [-0.15, -0.1) is 5.10 Å². The van der Waals surface area contributed by atoms with E-state index in [4.69, 9.17) is 0 Å². The van der Waals surface area contributed by atoms with Gasteiger partial charge in [-0.1, -0.05) is 18.2 Å². The summed E-state index contributed by atoms with van der Waals surface area (Å²) in [5.74, 6) is -0.278. The van der Waals surface area contributed by atoms with Crippen molar-refractivity contribution in [1.82, 2.24) is 5.32 Å². The molecule has 3 rings (SSSR count). The Hall–Kier alpha value is -2.41. The van der Waals surface area contributed by atoms with Gasteiger partial charge in [0.2, 0.25) is 0 Å². The first-order valence-electron chi connectivity index (χ1n) is 7.15. The second kappa shape index (κ2) is 6.78. The number of rotatable bonds is 4. The third kappa shape index (κ3) is 4.07. The summed E-state index contributed by atoms with van der Waals surface area (Å²) in [6.45, 7) is 0. The first-order chi connectivity index (χ1) is 11.2. The normalized spacial score (nSPS) is 21.2. The minimum absolute atomic E-state index is 0.238. The number of esters is 1. The number of hydrogen-bond acceptors (Lipinski definition) is 6. The van der Waals surface area contributed by atoms with Gasteiger partial charge < -0.3 is 4.74 Å². The second-order valence-electron chi connectivity index (χ2n) is 5.18. The van der Waals surface area contributed by atoms with Gasteiger partial charge in [0.05, 0.1) is 18.2 Å². The van der Waals surface area contributed by atoms with E-state index in [1.165, 1.54) is 25.5 Å². The Labute approximate surface area is 137 Å². The number of ether oxygens (including phenoxy) is 1. The van der Waals surface area contributed by atoms with E-state index in [-0.39, 0.29) is 10.8 Å². The molecule has 0 unspecified atom stereocenters. The number of amides is 1. The second-order valence-corrected chi connectivity index (χ2v) is 6.21. The van der Waals surface area contributed by atoms with Crippen LogP contribution in [0.3, 0.4) is 0 Å². The molecule has 1 aliphatic heterocycles. The molecule has 1 aromatic rings. The number of hydrogen-bond donors (Lipinski definition) is 1. The number of amidine groups is 1. The van der Waals surface area contributed by atoms with Crippen molar-refractivity contribution in [3.8, 4) is 0 Å². The van der Waals surface area contributed by atoms with E-state index in [9.17, 15) is 9.59 Å². The molecule has 1 aromatic carbocycles. The van der Waals surface area contributed by atoms with Crippen molar-refractivity contribution in [3.63, 3.8) is 0 Å². The smallest absolute Gasteiger partial charge is 0.331 e. The average molecular weight is 329 g/mol. The Bertz CT molecular complexity index is 736. The van der Waals surface area contributed by atoms with Gasteiger partial charge >= 0.3 is 5.97 Å². The van der Waals surface area contributed by atoms with Crippen LogP contribution in [0, 0.1) is 0 Å². The van der Waals surface area contributed by atoms with E-state index in [0.29, 0.717) is 11.1 Å². The Kier molecular flexibility index (Phi) is 4.57. The first kappa shape index (κ1) is 15.5. The molecule has 0 spiro atoms. The maximum atomic E-state index is 11.7. The lowest BCUT2D eigenvalue weighted by molar-refractivity contribution is -0.135. The molecule has 0 radical (unpaired) electrons. The molecule has 1 amide bonds. The molecule has 1 saturated carbocycles. The number of nitrogens with zero attached hydrogens (tertiary/aromatic N) is 2. The van der Waals surface area contributed by atoms with Gasteiger partial charge in [0.15, 0.2) is 5.17 Å². The number of carbonyl (C=O) groups excluding carboxylic acids is 2. The molecule has 1 heterocycles. The zero-order chi connectivity index (χ0) is 16.2. The predicted octanol–water partition coefficient (Wildman–Crippen LogP) is 2.17. The Morgan fingerprint density at radius 3 is 3.00 bits per heavy atom. The molecular weight excluding hydrogens is 314 g/mol. The molecule has 1 N–H and O–H groups in total. The third-order valence-electron chi connectivity index (χ3n) is 3.42. The maximum Gasteiger partial charge on any atom is 0.331 e. The Morgan fingerprint density at radius 1 is 1.43 bits per heavy atom. The van der Waals surface area contributed by atoms with Crippen LogP contribution in [0.2, 0.25) is 0 Å². The number of nitrogens with one attached hydrogen (secondary N) is 1. The van der Waals surface area contributed by atoms with E-state index in [1.54, 1.807) is 6.21 Å². The van der Waals surface area contributed by atoms with Crippen LogP contribution in [0.5, 0.6) is 0 Å². The molecule has 0 aromatic heterocycles. The van der Waals surface area contributed by atoms with Crippen LogP contribution in [0.25, 0.3) is 0 Å². The molecule has 1 saturated heterocycles. The lowest BCUT2D eigenvalue weighted by atomic mass is 10.1. The highest BCUT2D eigenvalue weighted by Gasteiger charge is 2.25. The molecule has 0 atom stereocenters. The first-order valence-corrected chi connectivity index (χ1v) is 7.97. The quantitative estimate of drug-likeness (QED) is 0.397. The zero-order valence-electron chi connectivity index (χ0n) is 12.5. The molecule has 0 bridgehead atoms. The van der Waals surface area contributed by atoms with Crippen molar-refractivity contribution in [1.29, 1.82) is 0 Å². The van der Waals surface area contributed by atoms with Gasteiger partial charge in [-0.05, 0) is 47.7 Å². The minimum Gasteiger partial charge on any atom is -0.466 e. The van der Waals surface area contributed by atoms with Crippen LogP contribution in [-0.2, 0) is 14.3 Å². The molecule has 23 heavy (non-hydrogen) atoms. The SMILES string of the molecule is COC(=O)/C=C1/S/C(=N\N=Cc2cccc(C3CC3)c2)NC1=O. The van der Waals surface area contributed by atoms with Crippen molar-refractivity contribution in [2.75, 3.05) is 7.11 Å². The van der Waals surface area contributed by atoms with Crippen LogP contribution in [-0.4, -0.2) is 30.4 Å². The van der Waals surface area contributed by atoms with Crippen molar-refractivity contribution in [3.05, 3.63) is 46.4 Å². The standard InChI is InChI=1S/C16H15N3O3S/c1-22-14(20)8-13-15(21)18-16(23-13)19-17-9-10-3-2-4-12(7-10)11-5-6-11/h2-4,7-9,11H,5-6H2,1H3,(H,18,19,21)/b13-8+,17-9?. The van der Waals surface area contributed by atoms with Gasteiger partial charge in [0.25, 0.3) is 5.91 Å². The van der Waals surface area contributed by atoms with E-state index in [1.807, 2.05) is 12.1 Å². The summed E-state index contributed by atoms with van der Waals surface area (Å²) in [7, 11) is 1.26. The summed E-state index contributed by atoms with van der Waals surface area (Å²) >= 11 is 1.05. The van der Waals surface area contributed by atoms with Crippen molar-refractivity contribution in [2.45, 2.75) is 18.8 Å². The van der Waals surface area contributed by atoms with Gasteiger partial charge in [-0.3, -0.25) is 10.1 Å². The van der Waals surface area contributed by atoms with Gasteiger partial charge in [0.1, 0.15) is 0 Å². The number of benzene rings is 1. The van der Waals surface area contributed by atoms with Crippen LogP contribution in [0.1, 0.15) is 29.9 Å². The summed E-state index contributed by atoms with van der Waals surface area (Å²) in [6, 6.07) is 8.19. The fourth-order valence-corrected chi connectivity index (χ4v) is 2.84. The topological polar surface area (TPSA) is 80.1 Å². The number of thioether (sulfide) groups is 1. The highest BCUT2D eigenvalue weighted by Crippen LogP contribution is 2.40. The van der Waals surface area contributed by atoms with Crippen LogP contribution in [0.15, 0.2) is 45.4 Å². The molecular formula is C16H15N3O3S. The van der Waals surface area contributed by atoms with Gasteiger partial charge in [-0.2, -0.15) is 5.10 Å². The Morgan fingerprint density at radius 2 is 2.26 bits per heavy atom. The maximum absolute atomic E-state index is 11.7. The van der Waals surface area contributed by atoms with Crippen LogP contribution >= 0.6 is 11.8 Å². The molecule has 2 fully saturated rings. The molecule has 6 nitrogen and oxygen atoms in total. The van der Waals surface area contributed by atoms with E-state index >= 15 is 0 Å². The highest BCUT2D eigenvalue weighted by molar-refractivity contribution is 8.18. The summed E-state index contributed by atoms with van der Waals surface area (Å²) in [4.78, 5) is 23.0. The van der Waals surface area contributed by atoms with Gasteiger partial charge in [0, 0.05) is 6.08 Å². The fourth-order valence-electron chi connectivity index (χ4n) is 2.10. The zero-order valence-corrected chi connectivity index (χ0v) is 13.3. The molecule has 2 aliphatic rings. The van der Waals surface area contributed by atoms with Gasteiger partial charge in [-0.25, -0.2) is 4.79 Å². The lowest BCUT2D eigenvalue weighted by Gasteiger charge is -1.98.